The van der Waals surface area contributed by atoms with Gasteiger partial charge >= 0.3 is 0 Å². The molecule has 0 bridgehead atoms. The molecule has 3 rings (SSSR count). The molecule has 126 valence electrons. The van der Waals surface area contributed by atoms with E-state index in [-0.39, 0.29) is 5.91 Å². The fraction of sp³-hybridized carbons (Fsp3) is 0.350. The summed E-state index contributed by atoms with van der Waals surface area (Å²) in [4.78, 5) is 13.0. The van der Waals surface area contributed by atoms with Gasteiger partial charge in [-0.15, -0.1) is 0 Å². The molecule has 4 heteroatoms. The zero-order valence-electron chi connectivity index (χ0n) is 14.2. The van der Waals surface area contributed by atoms with Crippen molar-refractivity contribution in [1.82, 2.24) is 0 Å². The monoisotopic (exact) mass is 325 g/mol. The second-order valence-electron chi connectivity index (χ2n) is 6.05. The minimum absolute atomic E-state index is 0.0300. The summed E-state index contributed by atoms with van der Waals surface area (Å²) in [6.45, 7) is 2.58. The maximum atomic E-state index is 13.0. The first-order valence-corrected chi connectivity index (χ1v) is 8.37. The Hall–Kier alpha value is -2.49. The standard InChI is InChI=1S/C20H23NO3/c1-3-24-16-11-9-15(10-12-16)21-19(22)20(13-6-14-20)17-7-4-5-8-18(17)23-2/h4-5,7-12H,3,6,13-14H2,1-2H3,(H,21,22). The molecule has 0 unspecified atom stereocenters. The van der Waals surface area contributed by atoms with Gasteiger partial charge in [-0.3, -0.25) is 4.79 Å². The largest absolute Gasteiger partial charge is 0.496 e. The van der Waals surface area contributed by atoms with Gasteiger partial charge in [-0.05, 0) is 50.1 Å². The zero-order valence-corrected chi connectivity index (χ0v) is 14.2. The number of anilines is 1. The van der Waals surface area contributed by atoms with Crippen LogP contribution < -0.4 is 14.8 Å². The van der Waals surface area contributed by atoms with E-state index in [1.54, 1.807) is 7.11 Å². The highest BCUT2D eigenvalue weighted by molar-refractivity contribution is 6.00. The van der Waals surface area contributed by atoms with Gasteiger partial charge in [0.1, 0.15) is 11.5 Å². The highest BCUT2D eigenvalue weighted by Gasteiger charge is 2.47. The highest BCUT2D eigenvalue weighted by atomic mass is 16.5. The molecule has 0 saturated heterocycles. The van der Waals surface area contributed by atoms with Gasteiger partial charge in [-0.2, -0.15) is 0 Å². The molecule has 2 aromatic carbocycles. The summed E-state index contributed by atoms with van der Waals surface area (Å²) in [6, 6.07) is 15.3. The predicted octanol–water partition coefficient (Wildman–Crippen LogP) is 4.15. The average molecular weight is 325 g/mol. The number of rotatable bonds is 6. The van der Waals surface area contributed by atoms with E-state index in [4.69, 9.17) is 9.47 Å². The third-order valence-electron chi connectivity index (χ3n) is 4.69. The number of methoxy groups -OCH3 is 1. The van der Waals surface area contributed by atoms with Gasteiger partial charge in [0, 0.05) is 11.3 Å². The molecule has 0 radical (unpaired) electrons. The lowest BCUT2D eigenvalue weighted by Crippen LogP contribution is -2.46. The Labute approximate surface area is 142 Å². The van der Waals surface area contributed by atoms with Crippen molar-refractivity contribution >= 4 is 11.6 Å². The smallest absolute Gasteiger partial charge is 0.235 e. The van der Waals surface area contributed by atoms with E-state index >= 15 is 0 Å². The molecule has 1 fully saturated rings. The van der Waals surface area contributed by atoms with Gasteiger partial charge in [-0.25, -0.2) is 0 Å². The number of nitrogens with one attached hydrogen (secondary N) is 1. The van der Waals surface area contributed by atoms with Crippen molar-refractivity contribution in [3.05, 3.63) is 54.1 Å². The fourth-order valence-corrected chi connectivity index (χ4v) is 3.24. The Morgan fingerprint density at radius 1 is 1.12 bits per heavy atom. The fourth-order valence-electron chi connectivity index (χ4n) is 3.24. The van der Waals surface area contributed by atoms with Crippen LogP contribution in [0.5, 0.6) is 11.5 Å². The first-order chi connectivity index (χ1) is 11.7. The molecule has 2 aromatic rings. The number of amides is 1. The van der Waals surface area contributed by atoms with Crippen molar-refractivity contribution in [2.45, 2.75) is 31.6 Å². The minimum Gasteiger partial charge on any atom is -0.496 e. The number of carbonyl (C=O) groups is 1. The summed E-state index contributed by atoms with van der Waals surface area (Å²) < 4.78 is 10.9. The molecule has 0 heterocycles. The third kappa shape index (κ3) is 2.96. The van der Waals surface area contributed by atoms with E-state index in [1.807, 2.05) is 55.5 Å². The van der Waals surface area contributed by atoms with Gasteiger partial charge < -0.3 is 14.8 Å². The number of hydrogen-bond acceptors (Lipinski definition) is 3. The molecule has 1 aliphatic rings. The number of ether oxygens (including phenoxy) is 2. The van der Waals surface area contributed by atoms with Gasteiger partial charge in [0.05, 0.1) is 19.1 Å². The summed E-state index contributed by atoms with van der Waals surface area (Å²) in [5, 5.41) is 3.05. The molecule has 1 amide bonds. The SMILES string of the molecule is CCOc1ccc(NC(=O)C2(c3ccccc3OC)CCC2)cc1. The van der Waals surface area contributed by atoms with Crippen molar-refractivity contribution in [3.8, 4) is 11.5 Å². The maximum absolute atomic E-state index is 13.0. The van der Waals surface area contributed by atoms with E-state index < -0.39 is 5.41 Å². The Kier molecular flexibility index (Phi) is 4.74. The van der Waals surface area contributed by atoms with E-state index in [1.165, 1.54) is 0 Å². The predicted molar refractivity (Wildman–Crippen MR) is 94.8 cm³/mol. The van der Waals surface area contributed by atoms with Crippen LogP contribution in [0.3, 0.4) is 0 Å². The summed E-state index contributed by atoms with van der Waals surface area (Å²) in [6.07, 6.45) is 2.74. The zero-order chi connectivity index (χ0) is 17.0. The quantitative estimate of drug-likeness (QED) is 0.868. The van der Waals surface area contributed by atoms with Crippen molar-refractivity contribution in [2.75, 3.05) is 19.0 Å². The van der Waals surface area contributed by atoms with Crippen molar-refractivity contribution in [2.24, 2.45) is 0 Å². The van der Waals surface area contributed by atoms with Crippen LogP contribution in [0.4, 0.5) is 5.69 Å². The number of hydrogen-bond donors (Lipinski definition) is 1. The van der Waals surface area contributed by atoms with E-state index in [2.05, 4.69) is 5.32 Å². The van der Waals surface area contributed by atoms with Crippen LogP contribution in [0.15, 0.2) is 48.5 Å². The van der Waals surface area contributed by atoms with Crippen LogP contribution in [0.1, 0.15) is 31.7 Å². The Bertz CT molecular complexity index is 705. The summed E-state index contributed by atoms with van der Waals surface area (Å²) in [7, 11) is 1.65. The normalized spacial score (nSPS) is 15.2. The maximum Gasteiger partial charge on any atom is 0.235 e. The van der Waals surface area contributed by atoms with Crippen LogP contribution in [0.2, 0.25) is 0 Å². The van der Waals surface area contributed by atoms with Gasteiger partial charge in [0.2, 0.25) is 5.91 Å². The molecular formula is C20H23NO3. The Morgan fingerprint density at radius 2 is 1.83 bits per heavy atom. The lowest BCUT2D eigenvalue weighted by atomic mass is 9.63. The van der Waals surface area contributed by atoms with Crippen molar-refractivity contribution in [1.29, 1.82) is 0 Å². The average Bonchev–Trinajstić information content (AvgIpc) is 2.56. The highest BCUT2D eigenvalue weighted by Crippen LogP contribution is 2.47. The summed E-state index contributed by atoms with van der Waals surface area (Å²) in [5.41, 5.74) is 1.26. The first-order valence-electron chi connectivity index (χ1n) is 8.37. The molecule has 1 saturated carbocycles. The molecule has 0 aliphatic heterocycles. The topological polar surface area (TPSA) is 47.6 Å². The summed E-state index contributed by atoms with van der Waals surface area (Å²) in [5.74, 6) is 1.61. The Morgan fingerprint density at radius 3 is 2.42 bits per heavy atom. The lowest BCUT2D eigenvalue weighted by molar-refractivity contribution is -0.124. The molecule has 0 atom stereocenters. The first kappa shape index (κ1) is 16.4. The van der Waals surface area contributed by atoms with Crippen molar-refractivity contribution in [3.63, 3.8) is 0 Å². The van der Waals surface area contributed by atoms with Gasteiger partial charge in [-0.1, -0.05) is 24.6 Å². The van der Waals surface area contributed by atoms with Crippen LogP contribution in [0, 0.1) is 0 Å². The van der Waals surface area contributed by atoms with E-state index in [0.29, 0.717) is 6.61 Å². The molecular weight excluding hydrogens is 302 g/mol. The van der Waals surface area contributed by atoms with E-state index in [9.17, 15) is 4.79 Å². The second-order valence-corrected chi connectivity index (χ2v) is 6.05. The number of carbonyl (C=O) groups excluding carboxylic acids is 1. The second kappa shape index (κ2) is 6.95. The molecule has 1 aliphatic carbocycles. The van der Waals surface area contributed by atoms with Gasteiger partial charge in [0.15, 0.2) is 0 Å². The van der Waals surface area contributed by atoms with E-state index in [0.717, 1.165) is 42.0 Å². The molecule has 0 spiro atoms. The number of para-hydroxylation sites is 1. The molecule has 1 N–H and O–H groups in total. The van der Waals surface area contributed by atoms with Crippen LogP contribution in [-0.2, 0) is 10.2 Å². The molecule has 24 heavy (non-hydrogen) atoms. The van der Waals surface area contributed by atoms with Gasteiger partial charge in [0.25, 0.3) is 0 Å². The summed E-state index contributed by atoms with van der Waals surface area (Å²) >= 11 is 0. The van der Waals surface area contributed by atoms with Crippen molar-refractivity contribution < 1.29 is 14.3 Å². The lowest BCUT2D eigenvalue weighted by Gasteiger charge is -2.41. The molecule has 0 aromatic heterocycles. The van der Waals surface area contributed by atoms with Crippen LogP contribution in [0.25, 0.3) is 0 Å². The number of benzene rings is 2. The molecule has 4 nitrogen and oxygen atoms in total. The third-order valence-corrected chi connectivity index (χ3v) is 4.69. The minimum atomic E-state index is -0.495. The van der Waals surface area contributed by atoms with Crippen LogP contribution >= 0.6 is 0 Å². The Balaban J connectivity index is 1.81. The van der Waals surface area contributed by atoms with Crippen LogP contribution in [-0.4, -0.2) is 19.6 Å².